The Morgan fingerprint density at radius 1 is 1.10 bits per heavy atom. The highest BCUT2D eigenvalue weighted by Gasteiger charge is 2.15. The molecule has 21 heavy (non-hydrogen) atoms. The van der Waals surface area contributed by atoms with Gasteiger partial charge in [0.25, 0.3) is 0 Å². The highest BCUT2D eigenvalue weighted by molar-refractivity contribution is 9.10. The molecule has 0 aliphatic carbocycles. The van der Waals surface area contributed by atoms with Crippen molar-refractivity contribution in [3.05, 3.63) is 28.7 Å². The second-order valence-corrected chi connectivity index (χ2v) is 6.50. The van der Waals surface area contributed by atoms with Crippen molar-refractivity contribution in [1.82, 2.24) is 0 Å². The summed E-state index contributed by atoms with van der Waals surface area (Å²) < 4.78 is 6.68. The van der Waals surface area contributed by atoms with Crippen LogP contribution in [0, 0.1) is 0 Å². The zero-order valence-corrected chi connectivity index (χ0v) is 14.9. The third-order valence-corrected chi connectivity index (χ3v) is 4.08. The molecule has 0 saturated heterocycles. The molecule has 1 aromatic carbocycles. The van der Waals surface area contributed by atoms with Gasteiger partial charge >= 0.3 is 0 Å². The van der Waals surface area contributed by atoms with Crippen molar-refractivity contribution in [3.8, 4) is 5.75 Å². The number of benzene rings is 1. The third kappa shape index (κ3) is 8.44. The van der Waals surface area contributed by atoms with E-state index in [1.54, 1.807) is 0 Å². The summed E-state index contributed by atoms with van der Waals surface area (Å²) >= 11 is 3.40. The van der Waals surface area contributed by atoms with Gasteiger partial charge in [-0.25, -0.2) is 0 Å². The standard InChI is InChI=1S/C17H28BrNO2/c1-3-5-11-19(12-6-4-2)13-16(20)14-21-17-9-7-15(18)8-10-17/h7-10,16,20H,3-6,11-14H2,1-2H3/p+1/t16-/m1/s1. The largest absolute Gasteiger partial charge is 0.491 e. The summed E-state index contributed by atoms with van der Waals surface area (Å²) in [5.74, 6) is 0.806. The molecule has 4 heteroatoms. The van der Waals surface area contributed by atoms with Crippen molar-refractivity contribution >= 4 is 15.9 Å². The van der Waals surface area contributed by atoms with E-state index < -0.39 is 6.10 Å². The van der Waals surface area contributed by atoms with Crippen molar-refractivity contribution < 1.29 is 14.7 Å². The van der Waals surface area contributed by atoms with Gasteiger partial charge in [0.1, 0.15) is 25.0 Å². The minimum Gasteiger partial charge on any atom is -0.491 e. The molecule has 0 aliphatic heterocycles. The van der Waals surface area contributed by atoms with Gasteiger partial charge in [-0.3, -0.25) is 0 Å². The maximum Gasteiger partial charge on any atom is 0.137 e. The number of ether oxygens (including phenoxy) is 1. The molecule has 0 radical (unpaired) electrons. The van der Waals surface area contributed by atoms with E-state index >= 15 is 0 Å². The molecule has 0 aliphatic rings. The molecule has 0 saturated carbocycles. The average molecular weight is 359 g/mol. The lowest BCUT2D eigenvalue weighted by Crippen LogP contribution is -3.13. The lowest BCUT2D eigenvalue weighted by atomic mass is 10.2. The number of hydrogen-bond donors (Lipinski definition) is 2. The van der Waals surface area contributed by atoms with Gasteiger partial charge in [0.15, 0.2) is 0 Å². The number of rotatable bonds is 11. The van der Waals surface area contributed by atoms with Crippen LogP contribution in [0.15, 0.2) is 28.7 Å². The van der Waals surface area contributed by atoms with Crippen LogP contribution in [0.25, 0.3) is 0 Å². The Bertz CT molecular complexity index is 362. The van der Waals surface area contributed by atoms with Crippen molar-refractivity contribution in [2.75, 3.05) is 26.2 Å². The highest BCUT2D eigenvalue weighted by Crippen LogP contribution is 2.16. The maximum atomic E-state index is 10.2. The fourth-order valence-electron chi connectivity index (χ4n) is 2.30. The molecule has 2 N–H and O–H groups in total. The maximum absolute atomic E-state index is 10.2. The molecule has 0 bridgehead atoms. The summed E-state index contributed by atoms with van der Waals surface area (Å²) in [5, 5.41) is 10.2. The van der Waals surface area contributed by atoms with Gasteiger partial charge in [-0.2, -0.15) is 0 Å². The predicted octanol–water partition coefficient (Wildman–Crippen LogP) is 2.67. The van der Waals surface area contributed by atoms with Crippen LogP contribution in [-0.4, -0.2) is 37.5 Å². The number of aliphatic hydroxyl groups is 1. The van der Waals surface area contributed by atoms with E-state index in [-0.39, 0.29) is 0 Å². The molecular formula is C17H29BrNO2+. The van der Waals surface area contributed by atoms with Crippen molar-refractivity contribution in [2.24, 2.45) is 0 Å². The third-order valence-electron chi connectivity index (χ3n) is 3.55. The minimum atomic E-state index is -0.405. The number of halogens is 1. The lowest BCUT2D eigenvalue weighted by Gasteiger charge is -2.22. The van der Waals surface area contributed by atoms with Crippen LogP contribution in [0.2, 0.25) is 0 Å². The number of quaternary nitrogens is 1. The number of nitrogens with one attached hydrogen (secondary N) is 1. The van der Waals surface area contributed by atoms with E-state index in [4.69, 9.17) is 4.74 Å². The zero-order valence-electron chi connectivity index (χ0n) is 13.3. The molecule has 0 fully saturated rings. The molecule has 1 rings (SSSR count). The van der Waals surface area contributed by atoms with Gasteiger partial charge in [-0.15, -0.1) is 0 Å². The fourth-order valence-corrected chi connectivity index (χ4v) is 2.56. The van der Waals surface area contributed by atoms with Crippen LogP contribution in [0.5, 0.6) is 5.75 Å². The second kappa shape index (κ2) is 11.0. The molecular weight excluding hydrogens is 330 g/mol. The first-order valence-electron chi connectivity index (χ1n) is 8.05. The molecule has 0 spiro atoms. The number of unbranched alkanes of at least 4 members (excludes halogenated alkanes) is 2. The predicted molar refractivity (Wildman–Crippen MR) is 91.0 cm³/mol. The molecule has 1 atom stereocenters. The van der Waals surface area contributed by atoms with Crippen LogP contribution in [0.1, 0.15) is 39.5 Å². The van der Waals surface area contributed by atoms with Gasteiger partial charge in [-0.1, -0.05) is 42.6 Å². The number of aliphatic hydroxyl groups excluding tert-OH is 1. The van der Waals surface area contributed by atoms with E-state index in [1.807, 2.05) is 24.3 Å². The lowest BCUT2D eigenvalue weighted by molar-refractivity contribution is -0.903. The van der Waals surface area contributed by atoms with Crippen LogP contribution in [-0.2, 0) is 0 Å². The first kappa shape index (κ1) is 18.5. The molecule has 120 valence electrons. The van der Waals surface area contributed by atoms with Crippen molar-refractivity contribution in [3.63, 3.8) is 0 Å². The van der Waals surface area contributed by atoms with E-state index in [1.165, 1.54) is 30.6 Å². The van der Waals surface area contributed by atoms with Gasteiger partial charge in [0.2, 0.25) is 0 Å². The van der Waals surface area contributed by atoms with Crippen LogP contribution >= 0.6 is 15.9 Å². The van der Waals surface area contributed by atoms with Gasteiger partial charge in [-0.05, 0) is 37.1 Å². The molecule has 0 unspecified atom stereocenters. The van der Waals surface area contributed by atoms with Crippen molar-refractivity contribution in [1.29, 1.82) is 0 Å². The summed E-state index contributed by atoms with van der Waals surface area (Å²) in [6.45, 7) is 7.85. The Morgan fingerprint density at radius 3 is 2.19 bits per heavy atom. The first-order chi connectivity index (χ1) is 10.2. The summed E-state index contributed by atoms with van der Waals surface area (Å²) in [5.41, 5.74) is 0. The van der Waals surface area contributed by atoms with E-state index in [0.717, 1.165) is 29.9 Å². The highest BCUT2D eigenvalue weighted by atomic mass is 79.9. The first-order valence-corrected chi connectivity index (χ1v) is 8.85. The quantitative estimate of drug-likeness (QED) is 0.637. The Kier molecular flexibility index (Phi) is 9.72. The van der Waals surface area contributed by atoms with E-state index in [2.05, 4.69) is 29.8 Å². The monoisotopic (exact) mass is 358 g/mol. The molecule has 0 aromatic heterocycles. The smallest absolute Gasteiger partial charge is 0.137 e. The summed E-state index contributed by atoms with van der Waals surface area (Å²) in [6, 6.07) is 7.72. The Morgan fingerprint density at radius 2 is 1.67 bits per heavy atom. The average Bonchev–Trinajstić information content (AvgIpc) is 2.49. The molecule has 1 aromatic rings. The van der Waals surface area contributed by atoms with Crippen LogP contribution < -0.4 is 9.64 Å². The second-order valence-electron chi connectivity index (χ2n) is 5.58. The van der Waals surface area contributed by atoms with Crippen LogP contribution in [0.4, 0.5) is 0 Å². The van der Waals surface area contributed by atoms with Crippen molar-refractivity contribution in [2.45, 2.75) is 45.6 Å². The zero-order chi connectivity index (χ0) is 15.5. The van der Waals surface area contributed by atoms with Crippen LogP contribution in [0.3, 0.4) is 0 Å². The summed E-state index contributed by atoms with van der Waals surface area (Å²) in [6.07, 6.45) is 4.46. The Labute approximate surface area is 137 Å². The Hall–Kier alpha value is -0.580. The normalized spacial score (nSPS) is 12.6. The molecule has 3 nitrogen and oxygen atoms in total. The Balaban J connectivity index is 2.34. The summed E-state index contributed by atoms with van der Waals surface area (Å²) in [7, 11) is 0. The van der Waals surface area contributed by atoms with E-state index in [9.17, 15) is 5.11 Å². The fraction of sp³-hybridized carbons (Fsp3) is 0.647. The number of hydrogen-bond acceptors (Lipinski definition) is 2. The van der Waals surface area contributed by atoms with Gasteiger partial charge < -0.3 is 14.7 Å². The summed E-state index contributed by atoms with van der Waals surface area (Å²) in [4.78, 5) is 1.49. The van der Waals surface area contributed by atoms with Gasteiger partial charge in [0.05, 0.1) is 13.1 Å². The van der Waals surface area contributed by atoms with E-state index in [0.29, 0.717) is 6.61 Å². The molecule has 0 amide bonds. The van der Waals surface area contributed by atoms with Gasteiger partial charge in [0, 0.05) is 4.47 Å². The SMILES string of the molecule is CCCC[NH+](CCCC)C[C@@H](O)COc1ccc(Br)cc1. The topological polar surface area (TPSA) is 33.9 Å². The molecule has 0 heterocycles. The minimum absolute atomic E-state index is 0.364.